The summed E-state index contributed by atoms with van der Waals surface area (Å²) in [5, 5.41) is 4.32. The summed E-state index contributed by atoms with van der Waals surface area (Å²) in [6, 6.07) is 42.0. The number of nitrogens with zero attached hydrogens (tertiary/aromatic N) is 4. The zero-order valence-electron chi connectivity index (χ0n) is 21.5. The Labute approximate surface area is 230 Å². The average Bonchev–Trinajstić information content (AvgIpc) is 3.04. The number of pyridine rings is 4. The Morgan fingerprint density at radius 2 is 1.12 bits per heavy atom. The van der Waals surface area contributed by atoms with E-state index in [-0.39, 0.29) is 0 Å². The molecule has 8 aromatic rings. The number of rotatable bonds is 3. The summed E-state index contributed by atoms with van der Waals surface area (Å²) in [6.45, 7) is 0. The lowest BCUT2D eigenvalue weighted by Gasteiger charge is -2.11. The molecule has 0 atom stereocenters. The molecule has 0 aliphatic heterocycles. The van der Waals surface area contributed by atoms with Gasteiger partial charge in [-0.1, -0.05) is 72.8 Å². The molecular formula is C36H22N4. The highest BCUT2D eigenvalue weighted by atomic mass is 14.7. The van der Waals surface area contributed by atoms with Crippen molar-refractivity contribution in [1.82, 2.24) is 19.9 Å². The van der Waals surface area contributed by atoms with Gasteiger partial charge in [0, 0.05) is 45.1 Å². The van der Waals surface area contributed by atoms with Crippen molar-refractivity contribution in [3.05, 3.63) is 134 Å². The smallest absolute Gasteiger partial charge is 0.0971 e. The number of hydrogen-bond acceptors (Lipinski definition) is 4. The molecule has 0 unspecified atom stereocenters. The van der Waals surface area contributed by atoms with Gasteiger partial charge in [0.25, 0.3) is 0 Å². The minimum Gasteiger partial charge on any atom is -0.254 e. The van der Waals surface area contributed by atoms with Crippen molar-refractivity contribution in [1.29, 1.82) is 0 Å². The Morgan fingerprint density at radius 1 is 0.400 bits per heavy atom. The van der Waals surface area contributed by atoms with Gasteiger partial charge < -0.3 is 0 Å². The van der Waals surface area contributed by atoms with Gasteiger partial charge in [0.2, 0.25) is 0 Å². The van der Waals surface area contributed by atoms with Crippen LogP contribution in [0, 0.1) is 0 Å². The van der Waals surface area contributed by atoms with Crippen molar-refractivity contribution in [2.24, 2.45) is 0 Å². The Morgan fingerprint density at radius 3 is 2.05 bits per heavy atom. The molecule has 0 radical (unpaired) electrons. The highest BCUT2D eigenvalue weighted by Crippen LogP contribution is 2.34. The summed E-state index contributed by atoms with van der Waals surface area (Å²) in [7, 11) is 0. The molecule has 0 aliphatic rings. The maximum absolute atomic E-state index is 5.14. The standard InChI is InChI=1S/C36H22N4/c1-2-6-23(7-3-1)31-16-14-27-20-25(13-15-32(27)39-31)26-11-10-24-12-17-33(40-34(24)22-26)30-21-28-8-4-18-37-35(28)36-29(30)9-5-19-38-36/h1-22H. The van der Waals surface area contributed by atoms with Crippen molar-refractivity contribution in [2.45, 2.75) is 0 Å². The number of benzene rings is 4. The van der Waals surface area contributed by atoms with Gasteiger partial charge in [0.1, 0.15) is 0 Å². The molecule has 4 heteroatoms. The van der Waals surface area contributed by atoms with Crippen LogP contribution in [0.4, 0.5) is 0 Å². The minimum atomic E-state index is 0.895. The molecule has 0 aliphatic carbocycles. The van der Waals surface area contributed by atoms with E-state index in [9.17, 15) is 0 Å². The first-order chi connectivity index (χ1) is 19.8. The molecule has 0 fully saturated rings. The van der Waals surface area contributed by atoms with Crippen molar-refractivity contribution in [3.63, 3.8) is 0 Å². The van der Waals surface area contributed by atoms with Gasteiger partial charge >= 0.3 is 0 Å². The fourth-order valence-corrected chi connectivity index (χ4v) is 5.51. The summed E-state index contributed by atoms with van der Waals surface area (Å²) >= 11 is 0. The predicted octanol–water partition coefficient (Wildman–Crippen LogP) is 8.88. The van der Waals surface area contributed by atoms with E-state index >= 15 is 0 Å². The fourth-order valence-electron chi connectivity index (χ4n) is 5.51. The van der Waals surface area contributed by atoms with Gasteiger partial charge in [-0.3, -0.25) is 9.97 Å². The molecule has 0 spiro atoms. The maximum atomic E-state index is 5.14. The third-order valence-corrected chi connectivity index (χ3v) is 7.52. The monoisotopic (exact) mass is 510 g/mol. The van der Waals surface area contributed by atoms with Crippen LogP contribution in [-0.2, 0) is 0 Å². The molecule has 186 valence electrons. The van der Waals surface area contributed by atoms with Gasteiger partial charge in [-0.25, -0.2) is 9.97 Å². The molecule has 4 aromatic carbocycles. The van der Waals surface area contributed by atoms with Crippen LogP contribution in [0.5, 0.6) is 0 Å². The zero-order chi connectivity index (χ0) is 26.5. The molecule has 4 heterocycles. The van der Waals surface area contributed by atoms with Crippen molar-refractivity contribution in [2.75, 3.05) is 0 Å². The number of aromatic nitrogens is 4. The van der Waals surface area contributed by atoms with Crippen LogP contribution in [0.1, 0.15) is 0 Å². The van der Waals surface area contributed by atoms with Gasteiger partial charge in [0.15, 0.2) is 0 Å². The summed E-state index contributed by atoms with van der Waals surface area (Å²) in [5.41, 5.74) is 10.1. The molecule has 0 saturated carbocycles. The maximum Gasteiger partial charge on any atom is 0.0971 e. The molecule has 40 heavy (non-hydrogen) atoms. The van der Waals surface area contributed by atoms with E-state index in [1.54, 1.807) is 0 Å². The first kappa shape index (κ1) is 22.5. The quantitative estimate of drug-likeness (QED) is 0.223. The Kier molecular flexibility index (Phi) is 5.10. The summed E-state index contributed by atoms with van der Waals surface area (Å²) < 4.78 is 0. The molecule has 4 aromatic heterocycles. The molecule has 8 rings (SSSR count). The molecule has 0 bridgehead atoms. The van der Waals surface area contributed by atoms with Crippen LogP contribution >= 0.6 is 0 Å². The van der Waals surface area contributed by atoms with Crippen molar-refractivity contribution >= 4 is 43.6 Å². The highest BCUT2D eigenvalue weighted by molar-refractivity contribution is 6.10. The Hall–Kier alpha value is -5.48. The third-order valence-electron chi connectivity index (χ3n) is 7.52. The van der Waals surface area contributed by atoms with Gasteiger partial charge in [-0.05, 0) is 59.7 Å². The average molecular weight is 511 g/mol. The number of fused-ring (bicyclic) bond motifs is 5. The largest absolute Gasteiger partial charge is 0.254 e. The van der Waals surface area contributed by atoms with Crippen molar-refractivity contribution < 1.29 is 0 Å². The lowest BCUT2D eigenvalue weighted by Crippen LogP contribution is -1.91. The molecule has 0 amide bonds. The van der Waals surface area contributed by atoms with E-state index in [2.05, 4.69) is 101 Å². The van der Waals surface area contributed by atoms with E-state index in [4.69, 9.17) is 9.97 Å². The zero-order valence-corrected chi connectivity index (χ0v) is 21.5. The predicted molar refractivity (Wildman–Crippen MR) is 164 cm³/mol. The summed E-state index contributed by atoms with van der Waals surface area (Å²) in [6.07, 6.45) is 3.64. The number of hydrogen-bond donors (Lipinski definition) is 0. The van der Waals surface area contributed by atoms with E-state index < -0.39 is 0 Å². The first-order valence-electron chi connectivity index (χ1n) is 13.3. The second kappa shape index (κ2) is 9.07. The lowest BCUT2D eigenvalue weighted by atomic mass is 9.99. The normalized spacial score (nSPS) is 11.5. The molecular weight excluding hydrogens is 488 g/mol. The minimum absolute atomic E-state index is 0.895. The summed E-state index contributed by atoms with van der Waals surface area (Å²) in [4.78, 5) is 19.3. The second-order valence-corrected chi connectivity index (χ2v) is 9.97. The Bertz CT molecular complexity index is 2220. The molecule has 4 nitrogen and oxygen atoms in total. The summed E-state index contributed by atoms with van der Waals surface area (Å²) in [5.74, 6) is 0. The van der Waals surface area contributed by atoms with Crippen LogP contribution in [0.2, 0.25) is 0 Å². The van der Waals surface area contributed by atoms with E-state index in [0.717, 1.165) is 77.3 Å². The van der Waals surface area contributed by atoms with Crippen LogP contribution in [0.25, 0.3) is 77.3 Å². The Balaban J connectivity index is 1.22. The highest BCUT2D eigenvalue weighted by Gasteiger charge is 2.12. The van der Waals surface area contributed by atoms with E-state index in [0.29, 0.717) is 0 Å². The topological polar surface area (TPSA) is 51.6 Å². The van der Waals surface area contributed by atoms with Crippen LogP contribution in [-0.4, -0.2) is 19.9 Å². The van der Waals surface area contributed by atoms with Crippen LogP contribution < -0.4 is 0 Å². The fraction of sp³-hybridized carbons (Fsp3) is 0. The van der Waals surface area contributed by atoms with E-state index in [1.807, 2.05) is 42.7 Å². The van der Waals surface area contributed by atoms with Gasteiger partial charge in [-0.2, -0.15) is 0 Å². The van der Waals surface area contributed by atoms with Crippen molar-refractivity contribution in [3.8, 4) is 33.6 Å². The molecule has 0 N–H and O–H groups in total. The van der Waals surface area contributed by atoms with Crippen LogP contribution in [0.3, 0.4) is 0 Å². The lowest BCUT2D eigenvalue weighted by molar-refractivity contribution is 1.36. The van der Waals surface area contributed by atoms with Crippen LogP contribution in [0.15, 0.2) is 134 Å². The second-order valence-electron chi connectivity index (χ2n) is 9.97. The van der Waals surface area contributed by atoms with Gasteiger partial charge in [-0.15, -0.1) is 0 Å². The van der Waals surface area contributed by atoms with Gasteiger partial charge in [0.05, 0.1) is 33.5 Å². The third kappa shape index (κ3) is 3.77. The van der Waals surface area contributed by atoms with E-state index in [1.165, 1.54) is 0 Å². The first-order valence-corrected chi connectivity index (χ1v) is 13.3. The molecule has 0 saturated heterocycles. The SMILES string of the molecule is c1ccc(-c2ccc3cc(-c4ccc5ccc(-c6cc7cccnc7c7ncccc67)nc5c4)ccc3n2)cc1.